The Morgan fingerprint density at radius 3 is 2.46 bits per heavy atom. The van der Waals surface area contributed by atoms with Crippen LogP contribution in [0.2, 0.25) is 0 Å². The summed E-state index contributed by atoms with van der Waals surface area (Å²) < 4.78 is 6.07. The summed E-state index contributed by atoms with van der Waals surface area (Å²) in [6.07, 6.45) is 6.16. The maximum Gasteiger partial charge on any atom is 0.123 e. The van der Waals surface area contributed by atoms with Gasteiger partial charge in [-0.2, -0.15) is 0 Å². The molecule has 1 rings (SSSR count). The number of benzene rings is 1. The van der Waals surface area contributed by atoms with Gasteiger partial charge in [0.15, 0.2) is 0 Å². The highest BCUT2D eigenvalue weighted by Crippen LogP contribution is 2.32. The lowest BCUT2D eigenvalue weighted by Crippen LogP contribution is -2.31. The monoisotopic (exact) mass is 362 g/mol. The van der Waals surface area contributed by atoms with Gasteiger partial charge in [-0.05, 0) is 43.4 Å². The standard InChI is InChI=1S/C22H38N2O2/c1-19-10-11-21(20(18-19)22(2,3)4)26-17-8-6-5-7-13-24(15-12-23)14-9-16-25/h10-11,16,18H,5-9,12-15,17,23H2,1-4H3. The van der Waals surface area contributed by atoms with Crippen LogP contribution in [0.15, 0.2) is 18.2 Å². The first-order valence-corrected chi connectivity index (χ1v) is 9.98. The van der Waals surface area contributed by atoms with Crippen LogP contribution in [0.1, 0.15) is 64.0 Å². The molecule has 4 heteroatoms. The second-order valence-corrected chi connectivity index (χ2v) is 8.10. The molecule has 148 valence electrons. The van der Waals surface area contributed by atoms with Gasteiger partial charge in [0.25, 0.3) is 0 Å². The maximum absolute atomic E-state index is 10.5. The van der Waals surface area contributed by atoms with Gasteiger partial charge in [-0.25, -0.2) is 0 Å². The number of nitrogens with two attached hydrogens (primary N) is 1. The van der Waals surface area contributed by atoms with Crippen molar-refractivity contribution in [1.82, 2.24) is 4.90 Å². The average molecular weight is 363 g/mol. The summed E-state index contributed by atoms with van der Waals surface area (Å²) >= 11 is 0. The van der Waals surface area contributed by atoms with E-state index < -0.39 is 0 Å². The van der Waals surface area contributed by atoms with E-state index in [4.69, 9.17) is 10.5 Å². The second kappa shape index (κ2) is 12.1. The predicted molar refractivity (Wildman–Crippen MR) is 110 cm³/mol. The van der Waals surface area contributed by atoms with Crippen molar-refractivity contribution < 1.29 is 9.53 Å². The highest BCUT2D eigenvalue weighted by atomic mass is 16.5. The number of carbonyl (C=O) groups is 1. The van der Waals surface area contributed by atoms with E-state index in [0.29, 0.717) is 13.0 Å². The largest absolute Gasteiger partial charge is 0.493 e. The lowest BCUT2D eigenvalue weighted by molar-refractivity contribution is -0.108. The van der Waals surface area contributed by atoms with E-state index in [2.05, 4.69) is 50.8 Å². The van der Waals surface area contributed by atoms with Crippen molar-refractivity contribution in [3.05, 3.63) is 29.3 Å². The molecule has 2 N–H and O–H groups in total. The van der Waals surface area contributed by atoms with Crippen molar-refractivity contribution in [2.45, 2.75) is 65.2 Å². The minimum absolute atomic E-state index is 0.0926. The fourth-order valence-electron chi connectivity index (χ4n) is 3.08. The van der Waals surface area contributed by atoms with E-state index in [1.807, 2.05) is 0 Å². The molecule has 0 unspecified atom stereocenters. The number of hydrogen-bond donors (Lipinski definition) is 1. The Balaban J connectivity index is 2.28. The number of unbranched alkanes of at least 4 members (excludes halogenated alkanes) is 3. The molecule has 0 radical (unpaired) electrons. The third-order valence-electron chi connectivity index (χ3n) is 4.58. The lowest BCUT2D eigenvalue weighted by atomic mass is 9.85. The quantitative estimate of drug-likeness (QED) is 0.424. The van der Waals surface area contributed by atoms with E-state index in [1.165, 1.54) is 24.0 Å². The van der Waals surface area contributed by atoms with Crippen molar-refractivity contribution in [2.24, 2.45) is 5.73 Å². The van der Waals surface area contributed by atoms with Crippen LogP contribution >= 0.6 is 0 Å². The molecular weight excluding hydrogens is 324 g/mol. The molecule has 0 aliphatic carbocycles. The zero-order valence-corrected chi connectivity index (χ0v) is 17.2. The molecule has 0 aliphatic rings. The van der Waals surface area contributed by atoms with E-state index in [-0.39, 0.29) is 5.41 Å². The van der Waals surface area contributed by atoms with Gasteiger partial charge in [0, 0.05) is 26.1 Å². The second-order valence-electron chi connectivity index (χ2n) is 8.10. The summed E-state index contributed by atoms with van der Waals surface area (Å²) in [5, 5.41) is 0. The lowest BCUT2D eigenvalue weighted by Gasteiger charge is -2.23. The Bertz CT molecular complexity index is 523. The third kappa shape index (κ3) is 8.81. The van der Waals surface area contributed by atoms with Gasteiger partial charge in [0.1, 0.15) is 12.0 Å². The summed E-state index contributed by atoms with van der Waals surface area (Å²) in [7, 11) is 0. The topological polar surface area (TPSA) is 55.6 Å². The number of aldehydes is 1. The average Bonchev–Trinajstić information content (AvgIpc) is 2.58. The van der Waals surface area contributed by atoms with Crippen molar-refractivity contribution >= 4 is 6.29 Å². The molecule has 0 bridgehead atoms. The van der Waals surface area contributed by atoms with Gasteiger partial charge in [0.2, 0.25) is 0 Å². The van der Waals surface area contributed by atoms with Crippen molar-refractivity contribution in [3.63, 3.8) is 0 Å². The molecule has 1 aromatic carbocycles. The molecular formula is C22H38N2O2. The Hall–Kier alpha value is -1.39. The summed E-state index contributed by atoms with van der Waals surface area (Å²) in [5.74, 6) is 1.02. The molecule has 1 aromatic rings. The zero-order valence-electron chi connectivity index (χ0n) is 17.2. The number of carbonyl (C=O) groups excluding carboxylic acids is 1. The predicted octanol–water partition coefficient (Wildman–Crippen LogP) is 4.08. The van der Waals surface area contributed by atoms with E-state index >= 15 is 0 Å². The summed E-state index contributed by atoms with van der Waals surface area (Å²) in [4.78, 5) is 12.8. The van der Waals surface area contributed by atoms with Crippen LogP contribution in [0.3, 0.4) is 0 Å². The number of rotatable bonds is 13. The van der Waals surface area contributed by atoms with Crippen LogP contribution in [0.25, 0.3) is 0 Å². The van der Waals surface area contributed by atoms with E-state index in [0.717, 1.165) is 51.1 Å². The van der Waals surface area contributed by atoms with Gasteiger partial charge in [-0.3, -0.25) is 0 Å². The smallest absolute Gasteiger partial charge is 0.123 e. The number of ether oxygens (including phenoxy) is 1. The molecule has 0 aliphatic heterocycles. The minimum Gasteiger partial charge on any atom is -0.493 e. The van der Waals surface area contributed by atoms with Crippen LogP contribution < -0.4 is 10.5 Å². The molecule has 0 saturated heterocycles. The fourth-order valence-corrected chi connectivity index (χ4v) is 3.08. The highest BCUT2D eigenvalue weighted by Gasteiger charge is 2.19. The molecule has 0 fully saturated rings. The Morgan fingerprint density at radius 2 is 1.81 bits per heavy atom. The number of hydrogen-bond acceptors (Lipinski definition) is 4. The minimum atomic E-state index is 0.0926. The number of nitrogens with zero attached hydrogens (tertiary/aromatic N) is 1. The maximum atomic E-state index is 10.5. The van der Waals surface area contributed by atoms with Crippen molar-refractivity contribution in [1.29, 1.82) is 0 Å². The Kier molecular flexibility index (Phi) is 10.5. The molecule has 0 saturated carbocycles. The van der Waals surface area contributed by atoms with Crippen LogP contribution in [-0.2, 0) is 10.2 Å². The van der Waals surface area contributed by atoms with Crippen molar-refractivity contribution in [3.8, 4) is 5.75 Å². The van der Waals surface area contributed by atoms with Gasteiger partial charge < -0.3 is 20.2 Å². The summed E-state index contributed by atoms with van der Waals surface area (Å²) in [5.41, 5.74) is 8.28. The Morgan fingerprint density at radius 1 is 1.08 bits per heavy atom. The molecule has 0 spiro atoms. The molecule has 26 heavy (non-hydrogen) atoms. The number of aryl methyl sites for hydroxylation is 1. The van der Waals surface area contributed by atoms with Gasteiger partial charge >= 0.3 is 0 Å². The summed E-state index contributed by atoms with van der Waals surface area (Å²) in [6.45, 7) is 13.0. The zero-order chi connectivity index (χ0) is 19.4. The van der Waals surface area contributed by atoms with E-state index in [1.54, 1.807) is 0 Å². The highest BCUT2D eigenvalue weighted by molar-refractivity contribution is 5.49. The van der Waals surface area contributed by atoms with Crippen LogP contribution in [0, 0.1) is 6.92 Å². The van der Waals surface area contributed by atoms with Crippen LogP contribution in [-0.4, -0.2) is 44.0 Å². The third-order valence-corrected chi connectivity index (χ3v) is 4.58. The first-order chi connectivity index (χ1) is 12.4. The van der Waals surface area contributed by atoms with E-state index in [9.17, 15) is 4.79 Å². The SMILES string of the molecule is Cc1ccc(OCCCCCCN(CCN)CCC=O)c(C(C)(C)C)c1. The molecule has 0 aromatic heterocycles. The first-order valence-electron chi connectivity index (χ1n) is 9.98. The Labute approximate surface area is 160 Å². The molecule has 0 amide bonds. The first kappa shape index (κ1) is 22.7. The van der Waals surface area contributed by atoms with Crippen LogP contribution in [0.4, 0.5) is 0 Å². The molecule has 4 nitrogen and oxygen atoms in total. The molecule has 0 heterocycles. The van der Waals surface area contributed by atoms with Crippen molar-refractivity contribution in [2.75, 3.05) is 32.8 Å². The fraction of sp³-hybridized carbons (Fsp3) is 0.682. The normalized spacial score (nSPS) is 11.8. The van der Waals surface area contributed by atoms with Gasteiger partial charge in [-0.15, -0.1) is 0 Å². The molecule has 0 atom stereocenters. The van der Waals surface area contributed by atoms with Gasteiger partial charge in [-0.1, -0.05) is 51.3 Å². The summed E-state index contributed by atoms with van der Waals surface area (Å²) in [6, 6.07) is 6.46. The van der Waals surface area contributed by atoms with Gasteiger partial charge in [0.05, 0.1) is 6.61 Å². The van der Waals surface area contributed by atoms with Crippen LogP contribution in [0.5, 0.6) is 5.75 Å².